The number of hydrogen-bond donors (Lipinski definition) is 1. The molecule has 0 saturated carbocycles. The summed E-state index contributed by atoms with van der Waals surface area (Å²) in [5.41, 5.74) is 0.194. The van der Waals surface area contributed by atoms with Crippen LogP contribution in [0.15, 0.2) is 18.2 Å². The molecule has 1 aromatic rings. The monoisotopic (exact) mass is 268 g/mol. The molecule has 0 spiro atoms. The van der Waals surface area contributed by atoms with E-state index in [9.17, 15) is 18.4 Å². The molecular formula is C13H14F2N2O2. The van der Waals surface area contributed by atoms with Gasteiger partial charge in [-0.05, 0) is 12.5 Å². The van der Waals surface area contributed by atoms with E-state index < -0.39 is 17.7 Å². The minimum atomic E-state index is -0.716. The molecule has 1 aliphatic heterocycles. The first-order chi connectivity index (χ1) is 9.01. The van der Waals surface area contributed by atoms with Crippen molar-refractivity contribution in [3.63, 3.8) is 0 Å². The second kappa shape index (κ2) is 5.34. The minimum absolute atomic E-state index is 0.0329. The first-order valence-corrected chi connectivity index (χ1v) is 6.03. The summed E-state index contributed by atoms with van der Waals surface area (Å²) < 4.78 is 26.3. The van der Waals surface area contributed by atoms with Crippen LogP contribution in [0, 0.1) is 11.6 Å². The van der Waals surface area contributed by atoms with Gasteiger partial charge in [0.05, 0.1) is 6.54 Å². The van der Waals surface area contributed by atoms with Crippen molar-refractivity contribution in [1.82, 2.24) is 10.2 Å². The van der Waals surface area contributed by atoms with Gasteiger partial charge in [-0.25, -0.2) is 8.78 Å². The van der Waals surface area contributed by atoms with Gasteiger partial charge in [0.1, 0.15) is 17.7 Å². The minimum Gasteiger partial charge on any atom is -0.343 e. The smallest absolute Gasteiger partial charge is 0.245 e. The van der Waals surface area contributed by atoms with Gasteiger partial charge in [-0.2, -0.15) is 0 Å². The largest absolute Gasteiger partial charge is 0.343 e. The Hall–Kier alpha value is -1.98. The SMILES string of the molecule is CCC1NC(=O)CN(Cc2ccc(F)cc2F)C1=O. The molecule has 1 aromatic carbocycles. The lowest BCUT2D eigenvalue weighted by Gasteiger charge is -2.32. The van der Waals surface area contributed by atoms with E-state index >= 15 is 0 Å². The van der Waals surface area contributed by atoms with Gasteiger partial charge in [-0.3, -0.25) is 9.59 Å². The highest BCUT2D eigenvalue weighted by Gasteiger charge is 2.31. The topological polar surface area (TPSA) is 49.4 Å². The Morgan fingerprint density at radius 1 is 1.37 bits per heavy atom. The summed E-state index contributed by atoms with van der Waals surface area (Å²) in [4.78, 5) is 24.7. The van der Waals surface area contributed by atoms with Crippen LogP contribution in [-0.4, -0.2) is 29.3 Å². The first-order valence-electron chi connectivity index (χ1n) is 6.03. The Morgan fingerprint density at radius 2 is 2.11 bits per heavy atom. The highest BCUT2D eigenvalue weighted by atomic mass is 19.1. The number of halogens is 2. The number of amides is 2. The third-order valence-electron chi connectivity index (χ3n) is 3.06. The third kappa shape index (κ3) is 2.89. The molecule has 0 bridgehead atoms. The van der Waals surface area contributed by atoms with Crippen LogP contribution in [0.3, 0.4) is 0 Å². The summed E-state index contributed by atoms with van der Waals surface area (Å²) in [5.74, 6) is -1.90. The average Bonchev–Trinajstić information content (AvgIpc) is 2.36. The van der Waals surface area contributed by atoms with Crippen molar-refractivity contribution >= 4 is 11.8 Å². The van der Waals surface area contributed by atoms with Gasteiger partial charge < -0.3 is 10.2 Å². The van der Waals surface area contributed by atoms with E-state index in [4.69, 9.17) is 0 Å². The summed E-state index contributed by atoms with van der Waals surface area (Å²) >= 11 is 0. The quantitative estimate of drug-likeness (QED) is 0.895. The van der Waals surface area contributed by atoms with E-state index in [1.807, 2.05) is 0 Å². The third-order valence-corrected chi connectivity index (χ3v) is 3.06. The Bertz CT molecular complexity index is 519. The molecule has 2 rings (SSSR count). The van der Waals surface area contributed by atoms with Crippen molar-refractivity contribution in [3.05, 3.63) is 35.4 Å². The van der Waals surface area contributed by atoms with Gasteiger partial charge in [0.25, 0.3) is 0 Å². The molecular weight excluding hydrogens is 254 g/mol. The van der Waals surface area contributed by atoms with Crippen LogP contribution in [0.25, 0.3) is 0 Å². The zero-order valence-corrected chi connectivity index (χ0v) is 10.5. The van der Waals surface area contributed by atoms with Crippen LogP contribution >= 0.6 is 0 Å². The van der Waals surface area contributed by atoms with Gasteiger partial charge in [-0.1, -0.05) is 13.0 Å². The Balaban J connectivity index is 2.17. The normalized spacial score (nSPS) is 19.5. The van der Waals surface area contributed by atoms with Crippen molar-refractivity contribution in [1.29, 1.82) is 0 Å². The van der Waals surface area contributed by atoms with Crippen molar-refractivity contribution in [2.75, 3.05) is 6.54 Å². The summed E-state index contributed by atoms with van der Waals surface area (Å²) in [5, 5.41) is 2.57. The van der Waals surface area contributed by atoms with Crippen molar-refractivity contribution in [3.8, 4) is 0 Å². The zero-order chi connectivity index (χ0) is 14.0. The van der Waals surface area contributed by atoms with E-state index in [-0.39, 0.29) is 30.5 Å². The Morgan fingerprint density at radius 3 is 2.74 bits per heavy atom. The molecule has 1 saturated heterocycles. The van der Waals surface area contributed by atoms with Gasteiger partial charge in [-0.15, -0.1) is 0 Å². The van der Waals surface area contributed by atoms with Crippen LogP contribution in [0.4, 0.5) is 8.78 Å². The predicted molar refractivity (Wildman–Crippen MR) is 64.0 cm³/mol. The lowest BCUT2D eigenvalue weighted by atomic mass is 10.1. The molecule has 1 heterocycles. The fourth-order valence-corrected chi connectivity index (χ4v) is 2.04. The maximum absolute atomic E-state index is 13.5. The molecule has 0 radical (unpaired) electrons. The number of hydrogen-bond acceptors (Lipinski definition) is 2. The number of carbonyl (C=O) groups is 2. The highest BCUT2D eigenvalue weighted by Crippen LogP contribution is 2.15. The summed E-state index contributed by atoms with van der Waals surface area (Å²) in [6.45, 7) is 1.64. The Labute approximate surface area is 109 Å². The second-order valence-corrected chi connectivity index (χ2v) is 4.46. The van der Waals surface area contributed by atoms with Crippen LogP contribution < -0.4 is 5.32 Å². The molecule has 6 heteroatoms. The molecule has 0 aliphatic carbocycles. The molecule has 4 nitrogen and oxygen atoms in total. The number of carbonyl (C=O) groups excluding carboxylic acids is 2. The molecule has 1 aliphatic rings. The molecule has 1 fully saturated rings. The van der Waals surface area contributed by atoms with E-state index in [1.165, 1.54) is 11.0 Å². The van der Waals surface area contributed by atoms with Crippen LogP contribution in [-0.2, 0) is 16.1 Å². The summed E-state index contributed by atoms with van der Waals surface area (Å²) in [6.07, 6.45) is 0.479. The lowest BCUT2D eigenvalue weighted by Crippen LogP contribution is -2.57. The molecule has 19 heavy (non-hydrogen) atoms. The van der Waals surface area contributed by atoms with Gasteiger partial charge in [0.15, 0.2) is 0 Å². The maximum atomic E-state index is 13.5. The maximum Gasteiger partial charge on any atom is 0.245 e. The second-order valence-electron chi connectivity index (χ2n) is 4.46. The number of benzene rings is 1. The molecule has 0 aromatic heterocycles. The Kier molecular flexibility index (Phi) is 3.78. The fraction of sp³-hybridized carbons (Fsp3) is 0.385. The van der Waals surface area contributed by atoms with E-state index in [0.717, 1.165) is 12.1 Å². The lowest BCUT2D eigenvalue weighted by molar-refractivity contribution is -0.144. The van der Waals surface area contributed by atoms with Crippen LogP contribution in [0.5, 0.6) is 0 Å². The van der Waals surface area contributed by atoms with Gasteiger partial charge >= 0.3 is 0 Å². The number of piperazine rings is 1. The fourth-order valence-electron chi connectivity index (χ4n) is 2.04. The number of nitrogens with zero attached hydrogens (tertiary/aromatic N) is 1. The van der Waals surface area contributed by atoms with Gasteiger partial charge in [0, 0.05) is 18.2 Å². The van der Waals surface area contributed by atoms with Crippen molar-refractivity contribution in [2.24, 2.45) is 0 Å². The highest BCUT2D eigenvalue weighted by molar-refractivity contribution is 5.94. The molecule has 1 N–H and O–H groups in total. The summed E-state index contributed by atoms with van der Waals surface area (Å²) in [6, 6.07) is 2.61. The van der Waals surface area contributed by atoms with E-state index in [2.05, 4.69) is 5.32 Å². The standard InChI is InChI=1S/C13H14F2N2O2/c1-2-11-13(19)17(7-12(18)16-11)6-8-3-4-9(14)5-10(8)15/h3-5,11H,2,6-7H2,1H3,(H,16,18). The van der Waals surface area contributed by atoms with E-state index in [1.54, 1.807) is 6.92 Å². The van der Waals surface area contributed by atoms with Crippen molar-refractivity contribution < 1.29 is 18.4 Å². The average molecular weight is 268 g/mol. The first kappa shape index (κ1) is 13.5. The van der Waals surface area contributed by atoms with Crippen molar-refractivity contribution in [2.45, 2.75) is 25.9 Å². The zero-order valence-electron chi connectivity index (χ0n) is 10.5. The molecule has 102 valence electrons. The predicted octanol–water partition coefficient (Wildman–Crippen LogP) is 1.20. The summed E-state index contributed by atoms with van der Waals surface area (Å²) in [7, 11) is 0. The number of nitrogens with one attached hydrogen (secondary N) is 1. The van der Waals surface area contributed by atoms with Gasteiger partial charge in [0.2, 0.25) is 11.8 Å². The molecule has 1 atom stereocenters. The molecule has 2 amide bonds. The number of rotatable bonds is 3. The molecule has 1 unspecified atom stereocenters. The van der Waals surface area contributed by atoms with Crippen LogP contribution in [0.2, 0.25) is 0 Å². The van der Waals surface area contributed by atoms with E-state index in [0.29, 0.717) is 6.42 Å². The van der Waals surface area contributed by atoms with Crippen LogP contribution in [0.1, 0.15) is 18.9 Å².